The van der Waals surface area contributed by atoms with E-state index in [2.05, 4.69) is 22.6 Å². The van der Waals surface area contributed by atoms with Crippen LogP contribution in [0, 0.1) is 0 Å². The lowest BCUT2D eigenvalue weighted by atomic mass is 9.86. The van der Waals surface area contributed by atoms with Crippen LogP contribution >= 0.6 is 22.6 Å². The van der Waals surface area contributed by atoms with Crippen molar-refractivity contribution in [1.29, 1.82) is 0 Å². The number of esters is 1. The standard InChI is InChI=1S/C27H34INO11/c1-13(30)38-23-20(39-27-25(35-4)24(34-3)22(33-2)21(10-28)40-27)9-17(31)15-5-6-29(26(23)32)11-14-7-18-19(8-16(14)15)37-12-36-18/h7-8,15,20-25,27H,5-6,9-12H2,1-4H3/t15-,20+,21+,22+,23-,24-,25+,27+/m0/s1. The van der Waals surface area contributed by atoms with Gasteiger partial charge in [-0.15, -0.1) is 0 Å². The summed E-state index contributed by atoms with van der Waals surface area (Å²) in [5.41, 5.74) is 1.59. The summed E-state index contributed by atoms with van der Waals surface area (Å²) >= 11 is 2.18. The second kappa shape index (κ2) is 12.4. The van der Waals surface area contributed by atoms with Crippen molar-refractivity contribution >= 4 is 40.3 Å². The molecule has 1 aromatic rings. The third-order valence-electron chi connectivity index (χ3n) is 7.90. The van der Waals surface area contributed by atoms with E-state index in [1.807, 2.05) is 12.1 Å². The molecular formula is C27H34INO11. The van der Waals surface area contributed by atoms with Gasteiger partial charge in [-0.2, -0.15) is 0 Å². The van der Waals surface area contributed by atoms with E-state index in [9.17, 15) is 14.4 Å². The van der Waals surface area contributed by atoms with Gasteiger partial charge in [0.25, 0.3) is 5.91 Å². The highest BCUT2D eigenvalue weighted by atomic mass is 127. The average Bonchev–Trinajstić information content (AvgIpc) is 3.32. The van der Waals surface area contributed by atoms with Crippen molar-refractivity contribution in [2.45, 2.75) is 75.1 Å². The Balaban J connectivity index is 1.51. The normalized spacial score (nSPS) is 33.6. The van der Waals surface area contributed by atoms with Crippen LogP contribution < -0.4 is 9.47 Å². The van der Waals surface area contributed by atoms with Crippen LogP contribution in [0.1, 0.15) is 36.8 Å². The van der Waals surface area contributed by atoms with E-state index in [1.54, 1.807) is 19.1 Å². The minimum atomic E-state index is -1.36. The van der Waals surface area contributed by atoms with E-state index in [-0.39, 0.29) is 25.5 Å². The molecule has 0 spiro atoms. The molecule has 2 saturated heterocycles. The van der Waals surface area contributed by atoms with Gasteiger partial charge in [-0.05, 0) is 29.7 Å². The van der Waals surface area contributed by atoms with Crippen molar-refractivity contribution < 1.29 is 52.3 Å². The number of benzene rings is 1. The molecular weight excluding hydrogens is 641 g/mol. The van der Waals surface area contributed by atoms with Crippen LogP contribution in [-0.2, 0) is 49.3 Å². The number of alkyl halides is 1. The number of Topliss-reactive ketones (excluding diaryl/α,β-unsaturated/α-hetero) is 1. The molecule has 4 aliphatic rings. The summed E-state index contributed by atoms with van der Waals surface area (Å²) in [6, 6.07) is 3.65. The molecule has 2 bridgehead atoms. The number of rotatable bonds is 7. The Morgan fingerprint density at radius 3 is 2.40 bits per heavy atom. The van der Waals surface area contributed by atoms with Gasteiger partial charge in [0.05, 0.1) is 6.10 Å². The molecule has 5 rings (SSSR count). The molecule has 1 aromatic carbocycles. The van der Waals surface area contributed by atoms with E-state index >= 15 is 0 Å². The van der Waals surface area contributed by atoms with Gasteiger partial charge in [0.1, 0.15) is 30.2 Å². The zero-order chi connectivity index (χ0) is 28.6. The number of hydrogen-bond donors (Lipinski definition) is 0. The lowest BCUT2D eigenvalue weighted by molar-refractivity contribution is -0.318. The summed E-state index contributed by atoms with van der Waals surface area (Å²) in [6.07, 6.45) is -5.44. The van der Waals surface area contributed by atoms with Crippen LogP contribution in [0.25, 0.3) is 0 Å². The minimum Gasteiger partial charge on any atom is -0.454 e. The van der Waals surface area contributed by atoms with E-state index < -0.39 is 60.7 Å². The smallest absolute Gasteiger partial charge is 0.303 e. The molecule has 220 valence electrons. The molecule has 4 heterocycles. The molecule has 2 fully saturated rings. The Hall–Kier alpha value is -2.04. The maximum absolute atomic E-state index is 14.0. The van der Waals surface area contributed by atoms with Crippen molar-refractivity contribution in [1.82, 2.24) is 4.90 Å². The van der Waals surface area contributed by atoms with Crippen LogP contribution in [-0.4, -0.2) is 105 Å². The van der Waals surface area contributed by atoms with E-state index in [4.69, 9.17) is 37.9 Å². The monoisotopic (exact) mass is 675 g/mol. The number of ether oxygens (including phenoxy) is 8. The van der Waals surface area contributed by atoms with Crippen LogP contribution in [0.5, 0.6) is 11.5 Å². The Morgan fingerprint density at radius 2 is 1.75 bits per heavy atom. The molecule has 4 aliphatic heterocycles. The Labute approximate surface area is 245 Å². The van der Waals surface area contributed by atoms with Crippen LogP contribution in [0.15, 0.2) is 12.1 Å². The average molecular weight is 675 g/mol. The topological polar surface area (TPSA) is 128 Å². The minimum absolute atomic E-state index is 0.0938. The van der Waals surface area contributed by atoms with Gasteiger partial charge in [-0.1, -0.05) is 22.6 Å². The lowest BCUT2D eigenvalue weighted by Crippen LogP contribution is -2.62. The highest BCUT2D eigenvalue weighted by molar-refractivity contribution is 14.1. The number of methoxy groups -OCH3 is 3. The van der Waals surface area contributed by atoms with Crippen molar-refractivity contribution in [2.75, 3.05) is 39.1 Å². The Morgan fingerprint density at radius 1 is 1.05 bits per heavy atom. The van der Waals surface area contributed by atoms with Gasteiger partial charge in [-0.3, -0.25) is 14.4 Å². The Kier molecular flexibility index (Phi) is 9.17. The molecule has 1 amide bonds. The maximum Gasteiger partial charge on any atom is 0.303 e. The number of nitrogens with zero attached hydrogens (tertiary/aromatic N) is 1. The fourth-order valence-electron chi connectivity index (χ4n) is 6.01. The summed E-state index contributed by atoms with van der Waals surface area (Å²) in [7, 11) is 4.60. The molecule has 0 N–H and O–H groups in total. The van der Waals surface area contributed by atoms with Crippen molar-refractivity contribution in [3.05, 3.63) is 23.3 Å². The van der Waals surface area contributed by atoms with Gasteiger partial charge in [0.2, 0.25) is 12.9 Å². The van der Waals surface area contributed by atoms with E-state index in [0.717, 1.165) is 11.1 Å². The van der Waals surface area contributed by atoms with Gasteiger partial charge in [-0.25, -0.2) is 0 Å². The lowest BCUT2D eigenvalue weighted by Gasteiger charge is -2.45. The Bertz CT molecular complexity index is 1130. The molecule has 0 unspecified atom stereocenters. The molecule has 0 saturated carbocycles. The summed E-state index contributed by atoms with van der Waals surface area (Å²) in [5.74, 6) is -0.633. The van der Waals surface area contributed by atoms with E-state index in [0.29, 0.717) is 28.9 Å². The zero-order valence-corrected chi connectivity index (χ0v) is 25.0. The van der Waals surface area contributed by atoms with Gasteiger partial charge in [0, 0.05) is 58.1 Å². The van der Waals surface area contributed by atoms with Crippen molar-refractivity contribution in [2.24, 2.45) is 0 Å². The van der Waals surface area contributed by atoms with Gasteiger partial charge >= 0.3 is 5.97 Å². The number of hydrogen-bond acceptors (Lipinski definition) is 11. The quantitative estimate of drug-likeness (QED) is 0.238. The summed E-state index contributed by atoms with van der Waals surface area (Å²) in [4.78, 5) is 41.7. The van der Waals surface area contributed by atoms with Crippen molar-refractivity contribution in [3.63, 3.8) is 0 Å². The molecule has 40 heavy (non-hydrogen) atoms. The van der Waals surface area contributed by atoms with Crippen LogP contribution in [0.3, 0.4) is 0 Å². The molecule has 12 nitrogen and oxygen atoms in total. The number of carbonyl (C=O) groups is 3. The number of fused-ring (bicyclic) bond motifs is 6. The molecule has 0 aliphatic carbocycles. The number of ketones is 1. The highest BCUT2D eigenvalue weighted by Crippen LogP contribution is 2.42. The summed E-state index contributed by atoms with van der Waals surface area (Å²) in [5, 5.41) is 0. The predicted molar refractivity (Wildman–Crippen MR) is 145 cm³/mol. The highest BCUT2D eigenvalue weighted by Gasteiger charge is 2.50. The second-order valence-electron chi connectivity index (χ2n) is 10.2. The fraction of sp³-hybridized carbons (Fsp3) is 0.667. The largest absolute Gasteiger partial charge is 0.454 e. The summed E-state index contributed by atoms with van der Waals surface area (Å²) in [6.45, 7) is 1.84. The van der Waals surface area contributed by atoms with Crippen molar-refractivity contribution in [3.8, 4) is 11.5 Å². The fourth-order valence-corrected chi connectivity index (χ4v) is 6.71. The maximum atomic E-state index is 14.0. The first-order valence-corrected chi connectivity index (χ1v) is 14.7. The number of carbonyl (C=O) groups excluding carboxylic acids is 3. The van der Waals surface area contributed by atoms with Gasteiger partial charge < -0.3 is 42.8 Å². The predicted octanol–water partition coefficient (Wildman–Crippen LogP) is 1.73. The zero-order valence-electron chi connectivity index (χ0n) is 22.8. The first kappa shape index (κ1) is 29.5. The SMILES string of the molecule is CO[C@@H]1[C@@H](OC)[C@H](O[C@@H]2CC(=O)[C@H]3CCN(Cc4cc5c(cc43)OCO5)C(=O)[C@H]2OC(C)=O)O[C@H](CI)[C@H]1OC. The van der Waals surface area contributed by atoms with Crippen LogP contribution in [0.4, 0.5) is 0 Å². The third-order valence-corrected chi connectivity index (χ3v) is 8.77. The number of amides is 1. The van der Waals surface area contributed by atoms with Gasteiger partial charge in [0.15, 0.2) is 17.8 Å². The second-order valence-corrected chi connectivity index (χ2v) is 11.1. The molecule has 8 atom stereocenters. The first-order valence-electron chi connectivity index (χ1n) is 13.2. The summed E-state index contributed by atoms with van der Waals surface area (Å²) < 4.78 is 47.0. The first-order chi connectivity index (χ1) is 19.3. The molecule has 0 aromatic heterocycles. The molecule has 0 radical (unpaired) electrons. The number of halogens is 1. The molecule has 13 heteroatoms. The van der Waals surface area contributed by atoms with Crippen LogP contribution in [0.2, 0.25) is 0 Å². The third kappa shape index (κ3) is 5.55. The van der Waals surface area contributed by atoms with E-state index in [1.165, 1.54) is 14.0 Å².